The molecule has 0 spiro atoms. The van der Waals surface area contributed by atoms with Crippen molar-refractivity contribution in [2.24, 2.45) is 0 Å². The summed E-state index contributed by atoms with van der Waals surface area (Å²) in [7, 11) is 0. The monoisotopic (exact) mass is 414 g/mol. The molecule has 0 aliphatic rings. The van der Waals surface area contributed by atoms with Crippen molar-refractivity contribution in [2.45, 2.75) is 13.3 Å². The molecule has 0 saturated heterocycles. The Morgan fingerprint density at radius 1 is 1.10 bits per heavy atom. The minimum atomic E-state index is -0.101. The third-order valence-electron chi connectivity index (χ3n) is 4.66. The first-order valence-electron chi connectivity index (χ1n) is 9.51. The van der Waals surface area contributed by atoms with E-state index < -0.39 is 0 Å². The Morgan fingerprint density at radius 2 is 1.90 bits per heavy atom. The number of carbonyl (C=O) groups excluding carboxylic acids is 1. The highest BCUT2D eigenvalue weighted by atomic mass is 32.1. The average Bonchev–Trinajstić information content (AvgIpc) is 3.46. The number of anilines is 1. The molecule has 1 N–H and O–H groups in total. The molecule has 6 nitrogen and oxygen atoms in total. The van der Waals surface area contributed by atoms with Crippen LogP contribution in [-0.4, -0.2) is 20.7 Å². The molecule has 0 unspecified atom stereocenters. The molecule has 148 valence electrons. The number of hydrogen-bond acceptors (Lipinski definition) is 5. The predicted octanol–water partition coefficient (Wildman–Crippen LogP) is 5.23. The van der Waals surface area contributed by atoms with E-state index in [2.05, 4.69) is 15.4 Å². The first kappa shape index (κ1) is 18.3. The fourth-order valence-corrected chi connectivity index (χ4v) is 4.06. The lowest BCUT2D eigenvalue weighted by atomic mass is 10.1. The van der Waals surface area contributed by atoms with Crippen LogP contribution in [0.5, 0.6) is 0 Å². The van der Waals surface area contributed by atoms with Crippen molar-refractivity contribution in [2.75, 3.05) is 5.32 Å². The Labute approximate surface area is 176 Å². The highest BCUT2D eigenvalue weighted by molar-refractivity contribution is 7.12. The third kappa shape index (κ3) is 3.62. The standard InChI is InChI=1S/C23H18N4O2S/c1-15-11-21(25-22(28)12-16-7-3-2-4-8-16)27(26-15)23-24-18(14-30-23)20-13-17-9-5-6-10-19(17)29-20/h2-11,13-14H,12H2,1H3,(H,25,28). The van der Waals surface area contributed by atoms with Gasteiger partial charge in [0.1, 0.15) is 17.1 Å². The highest BCUT2D eigenvalue weighted by Gasteiger charge is 2.16. The third-order valence-corrected chi connectivity index (χ3v) is 5.47. The van der Waals surface area contributed by atoms with Gasteiger partial charge >= 0.3 is 0 Å². The molecule has 0 aliphatic heterocycles. The molecule has 1 amide bonds. The number of carbonyl (C=O) groups is 1. The number of nitrogens with one attached hydrogen (secondary N) is 1. The van der Waals surface area contributed by atoms with Gasteiger partial charge in [0.25, 0.3) is 0 Å². The number of nitrogens with zero attached hydrogens (tertiary/aromatic N) is 3. The topological polar surface area (TPSA) is 73.0 Å². The zero-order valence-electron chi connectivity index (χ0n) is 16.2. The van der Waals surface area contributed by atoms with E-state index in [1.54, 1.807) is 4.68 Å². The maximum Gasteiger partial charge on any atom is 0.229 e. The molecule has 0 aliphatic carbocycles. The van der Waals surface area contributed by atoms with Crippen molar-refractivity contribution >= 4 is 34.0 Å². The van der Waals surface area contributed by atoms with E-state index >= 15 is 0 Å². The van der Waals surface area contributed by atoms with Crippen LogP contribution in [-0.2, 0) is 11.2 Å². The highest BCUT2D eigenvalue weighted by Crippen LogP contribution is 2.30. The second kappa shape index (κ2) is 7.61. The van der Waals surface area contributed by atoms with Crippen molar-refractivity contribution < 1.29 is 9.21 Å². The van der Waals surface area contributed by atoms with Gasteiger partial charge < -0.3 is 9.73 Å². The molecule has 0 bridgehead atoms. The van der Waals surface area contributed by atoms with E-state index in [4.69, 9.17) is 4.42 Å². The number of para-hydroxylation sites is 1. The van der Waals surface area contributed by atoms with Gasteiger partial charge in [-0.2, -0.15) is 9.78 Å². The number of thiazole rings is 1. The molecule has 0 atom stereocenters. The summed E-state index contributed by atoms with van der Waals surface area (Å²) < 4.78 is 7.58. The van der Waals surface area contributed by atoms with Crippen molar-refractivity contribution in [3.63, 3.8) is 0 Å². The number of aryl methyl sites for hydroxylation is 1. The fraction of sp³-hybridized carbons (Fsp3) is 0.0870. The normalized spacial score (nSPS) is 11.1. The van der Waals surface area contributed by atoms with E-state index in [0.717, 1.165) is 27.9 Å². The molecule has 5 aromatic rings. The maximum atomic E-state index is 12.5. The lowest BCUT2D eigenvalue weighted by Gasteiger charge is -2.06. The predicted molar refractivity (Wildman–Crippen MR) is 118 cm³/mol. The van der Waals surface area contributed by atoms with Crippen LogP contribution in [0, 0.1) is 6.92 Å². The van der Waals surface area contributed by atoms with E-state index in [1.165, 1.54) is 11.3 Å². The van der Waals surface area contributed by atoms with Crippen LogP contribution in [0.3, 0.4) is 0 Å². The summed E-state index contributed by atoms with van der Waals surface area (Å²) in [6.07, 6.45) is 0.299. The van der Waals surface area contributed by atoms with Crippen molar-refractivity contribution in [1.82, 2.24) is 14.8 Å². The minimum Gasteiger partial charge on any atom is -0.454 e. The van der Waals surface area contributed by atoms with Crippen LogP contribution < -0.4 is 5.32 Å². The zero-order valence-corrected chi connectivity index (χ0v) is 17.0. The Kier molecular flexibility index (Phi) is 4.65. The smallest absolute Gasteiger partial charge is 0.229 e. The number of furan rings is 1. The molecule has 5 rings (SSSR count). The van der Waals surface area contributed by atoms with Crippen LogP contribution in [0.15, 0.2) is 76.5 Å². The molecule has 30 heavy (non-hydrogen) atoms. The maximum absolute atomic E-state index is 12.5. The van der Waals surface area contributed by atoms with Crippen LogP contribution in [0.4, 0.5) is 5.82 Å². The lowest BCUT2D eigenvalue weighted by molar-refractivity contribution is -0.115. The summed E-state index contributed by atoms with van der Waals surface area (Å²) in [5, 5.41) is 11.1. The molecule has 0 fully saturated rings. The first-order valence-corrected chi connectivity index (χ1v) is 10.4. The molecule has 0 saturated carbocycles. The first-order chi connectivity index (χ1) is 14.7. The van der Waals surface area contributed by atoms with Gasteiger partial charge in [-0.05, 0) is 24.6 Å². The van der Waals surface area contributed by atoms with Gasteiger partial charge in [0, 0.05) is 16.8 Å². The summed E-state index contributed by atoms with van der Waals surface area (Å²) >= 11 is 1.44. The SMILES string of the molecule is Cc1cc(NC(=O)Cc2ccccc2)n(-c2nc(-c3cc4ccccc4o3)cs2)n1. The van der Waals surface area contributed by atoms with Crippen molar-refractivity contribution in [1.29, 1.82) is 0 Å². The molecular weight excluding hydrogens is 396 g/mol. The van der Waals surface area contributed by atoms with Crippen LogP contribution in [0.2, 0.25) is 0 Å². The Hall–Kier alpha value is -3.71. The fourth-order valence-electron chi connectivity index (χ4n) is 3.29. The summed E-state index contributed by atoms with van der Waals surface area (Å²) in [6, 6.07) is 21.3. The number of hydrogen-bond donors (Lipinski definition) is 1. The molecule has 0 radical (unpaired) electrons. The van der Waals surface area contributed by atoms with Gasteiger partial charge in [0.05, 0.1) is 12.1 Å². The quantitative estimate of drug-likeness (QED) is 0.427. The van der Waals surface area contributed by atoms with Crippen LogP contribution >= 0.6 is 11.3 Å². The van der Waals surface area contributed by atoms with E-state index in [0.29, 0.717) is 23.1 Å². The van der Waals surface area contributed by atoms with Gasteiger partial charge in [-0.25, -0.2) is 4.98 Å². The number of aromatic nitrogens is 3. The van der Waals surface area contributed by atoms with Crippen molar-refractivity contribution in [3.05, 3.63) is 83.4 Å². The van der Waals surface area contributed by atoms with Gasteiger partial charge in [0.2, 0.25) is 11.0 Å². The molecular formula is C23H18N4O2S. The molecule has 3 heterocycles. The van der Waals surface area contributed by atoms with Crippen LogP contribution in [0.1, 0.15) is 11.3 Å². The second-order valence-electron chi connectivity index (χ2n) is 6.96. The second-order valence-corrected chi connectivity index (χ2v) is 7.79. The van der Waals surface area contributed by atoms with Gasteiger partial charge in [-0.1, -0.05) is 48.5 Å². The Balaban J connectivity index is 1.40. The summed E-state index contributed by atoms with van der Waals surface area (Å²) in [6.45, 7) is 1.89. The lowest BCUT2D eigenvalue weighted by Crippen LogP contribution is -2.17. The minimum absolute atomic E-state index is 0.101. The molecule has 7 heteroatoms. The Bertz CT molecular complexity index is 1300. The number of benzene rings is 2. The zero-order chi connectivity index (χ0) is 20.5. The van der Waals surface area contributed by atoms with Gasteiger partial charge in [0.15, 0.2) is 5.76 Å². The largest absolute Gasteiger partial charge is 0.454 e. The number of amides is 1. The average molecular weight is 414 g/mol. The van der Waals surface area contributed by atoms with Crippen molar-refractivity contribution in [3.8, 4) is 16.6 Å². The van der Waals surface area contributed by atoms with E-state index in [1.807, 2.05) is 79.0 Å². The van der Waals surface area contributed by atoms with Gasteiger partial charge in [-0.15, -0.1) is 11.3 Å². The van der Waals surface area contributed by atoms with Crippen LogP contribution in [0.25, 0.3) is 27.6 Å². The Morgan fingerprint density at radius 3 is 2.73 bits per heavy atom. The van der Waals surface area contributed by atoms with E-state index in [-0.39, 0.29) is 5.91 Å². The number of rotatable bonds is 5. The van der Waals surface area contributed by atoms with E-state index in [9.17, 15) is 4.79 Å². The summed E-state index contributed by atoms with van der Waals surface area (Å²) in [5.41, 5.74) is 3.32. The summed E-state index contributed by atoms with van der Waals surface area (Å²) in [4.78, 5) is 17.2. The van der Waals surface area contributed by atoms with Gasteiger partial charge in [-0.3, -0.25) is 4.79 Å². The summed E-state index contributed by atoms with van der Waals surface area (Å²) in [5.74, 6) is 1.20. The number of fused-ring (bicyclic) bond motifs is 1. The molecule has 3 aromatic heterocycles. The molecule has 2 aromatic carbocycles.